The summed E-state index contributed by atoms with van der Waals surface area (Å²) in [6, 6.07) is 3.74. The van der Waals surface area contributed by atoms with E-state index in [9.17, 15) is 9.59 Å². The van der Waals surface area contributed by atoms with E-state index in [0.717, 1.165) is 12.0 Å². The molecule has 0 spiro atoms. The minimum absolute atomic E-state index is 0.0145. The first-order chi connectivity index (χ1) is 12.1. The zero-order valence-electron chi connectivity index (χ0n) is 14.6. The first kappa shape index (κ1) is 18.5. The number of hydrogen-bond acceptors (Lipinski definition) is 5. The molecule has 0 radical (unpaired) electrons. The molecule has 0 aliphatic heterocycles. The number of pyridine rings is 1. The number of hydrogen-bond donors (Lipinski definition) is 1. The number of carbonyl (C=O) groups excluding carboxylic acids is 2. The van der Waals surface area contributed by atoms with E-state index < -0.39 is 0 Å². The maximum Gasteiger partial charge on any atom is 0.274 e. The summed E-state index contributed by atoms with van der Waals surface area (Å²) in [7, 11) is 0. The summed E-state index contributed by atoms with van der Waals surface area (Å²) in [5, 5.41) is 2.85. The van der Waals surface area contributed by atoms with E-state index in [1.165, 1.54) is 18.6 Å². The predicted octanol–water partition coefficient (Wildman–Crippen LogP) is 1.82. The van der Waals surface area contributed by atoms with Crippen molar-refractivity contribution in [2.45, 2.75) is 39.3 Å². The van der Waals surface area contributed by atoms with E-state index >= 15 is 0 Å². The molecule has 0 bridgehead atoms. The van der Waals surface area contributed by atoms with Gasteiger partial charge in [-0.1, -0.05) is 13.0 Å². The van der Waals surface area contributed by atoms with Gasteiger partial charge in [-0.3, -0.25) is 19.6 Å². The molecule has 1 N–H and O–H groups in total. The maximum atomic E-state index is 12.6. The fraction of sp³-hybridized carbons (Fsp3) is 0.389. The molecule has 0 saturated carbocycles. The lowest BCUT2D eigenvalue weighted by molar-refractivity contribution is -0.121. The normalized spacial score (nSPS) is 11.6. The molecule has 0 aliphatic carbocycles. The van der Waals surface area contributed by atoms with Gasteiger partial charge >= 0.3 is 0 Å². The molecule has 7 heteroatoms. The summed E-state index contributed by atoms with van der Waals surface area (Å²) in [6.45, 7) is 4.73. The van der Waals surface area contributed by atoms with Crippen LogP contribution in [0.25, 0.3) is 0 Å². The summed E-state index contributed by atoms with van der Waals surface area (Å²) in [6.07, 6.45) is 8.88. The van der Waals surface area contributed by atoms with Crippen LogP contribution in [0.5, 0.6) is 0 Å². The molecule has 7 nitrogen and oxygen atoms in total. The maximum absolute atomic E-state index is 12.6. The molecule has 2 aromatic heterocycles. The number of aromatic nitrogens is 3. The number of carbonyl (C=O) groups is 2. The van der Waals surface area contributed by atoms with Crippen molar-refractivity contribution in [1.82, 2.24) is 25.2 Å². The van der Waals surface area contributed by atoms with Gasteiger partial charge in [-0.15, -0.1) is 0 Å². The SMILES string of the molecule is CC[C@H](C)N(CCC(=O)NCc1cccnc1)C(=O)c1cnccn1. The Morgan fingerprint density at radius 3 is 2.64 bits per heavy atom. The quantitative estimate of drug-likeness (QED) is 0.791. The van der Waals surface area contributed by atoms with Gasteiger partial charge in [-0.25, -0.2) is 4.98 Å². The van der Waals surface area contributed by atoms with Crippen LogP contribution in [0.4, 0.5) is 0 Å². The van der Waals surface area contributed by atoms with Crippen LogP contribution in [0, 0.1) is 0 Å². The van der Waals surface area contributed by atoms with Crippen LogP contribution in [0.1, 0.15) is 42.7 Å². The van der Waals surface area contributed by atoms with Crippen LogP contribution in [0.15, 0.2) is 43.1 Å². The Morgan fingerprint density at radius 2 is 2.00 bits per heavy atom. The third kappa shape index (κ3) is 5.63. The van der Waals surface area contributed by atoms with Crippen molar-refractivity contribution in [3.05, 3.63) is 54.4 Å². The third-order valence-electron chi connectivity index (χ3n) is 3.96. The zero-order valence-corrected chi connectivity index (χ0v) is 14.6. The molecule has 0 aliphatic rings. The van der Waals surface area contributed by atoms with Gasteiger partial charge in [0.25, 0.3) is 5.91 Å². The minimum Gasteiger partial charge on any atom is -0.352 e. The molecule has 25 heavy (non-hydrogen) atoms. The molecule has 1 atom stereocenters. The van der Waals surface area contributed by atoms with Crippen LogP contribution in [-0.2, 0) is 11.3 Å². The molecule has 0 fully saturated rings. The van der Waals surface area contributed by atoms with E-state index in [4.69, 9.17) is 0 Å². The summed E-state index contributed by atoms with van der Waals surface area (Å²) in [5.74, 6) is -0.313. The molecule has 2 aromatic rings. The van der Waals surface area contributed by atoms with Crippen LogP contribution in [0.3, 0.4) is 0 Å². The van der Waals surface area contributed by atoms with Gasteiger partial charge in [0, 0.05) is 50.3 Å². The van der Waals surface area contributed by atoms with E-state index in [0.29, 0.717) is 18.8 Å². The van der Waals surface area contributed by atoms with Crippen molar-refractivity contribution < 1.29 is 9.59 Å². The molecule has 2 amide bonds. The number of amides is 2. The van der Waals surface area contributed by atoms with E-state index in [1.54, 1.807) is 17.3 Å². The van der Waals surface area contributed by atoms with Gasteiger partial charge < -0.3 is 10.2 Å². The lowest BCUT2D eigenvalue weighted by Crippen LogP contribution is -2.41. The first-order valence-corrected chi connectivity index (χ1v) is 8.34. The van der Waals surface area contributed by atoms with E-state index in [-0.39, 0.29) is 24.3 Å². The molecule has 0 unspecified atom stereocenters. The Labute approximate surface area is 147 Å². The topological polar surface area (TPSA) is 88.1 Å². The predicted molar refractivity (Wildman–Crippen MR) is 93.5 cm³/mol. The standard InChI is InChI=1S/C18H23N5O2/c1-3-14(2)23(18(25)16-13-20-8-9-21-16)10-6-17(24)22-12-15-5-4-7-19-11-15/h4-5,7-9,11,13-14H,3,6,10,12H2,1-2H3,(H,22,24)/t14-/m0/s1. The van der Waals surface area contributed by atoms with Crippen LogP contribution >= 0.6 is 0 Å². The summed E-state index contributed by atoms with van der Waals surface area (Å²) in [4.78, 5) is 38.4. The van der Waals surface area contributed by atoms with E-state index in [1.807, 2.05) is 26.0 Å². The van der Waals surface area contributed by atoms with Crippen molar-refractivity contribution in [2.24, 2.45) is 0 Å². The average molecular weight is 341 g/mol. The molecule has 2 rings (SSSR count). The molecular formula is C18H23N5O2. The second-order valence-electron chi connectivity index (χ2n) is 5.73. The number of rotatable bonds is 8. The number of nitrogens with zero attached hydrogens (tertiary/aromatic N) is 4. The van der Waals surface area contributed by atoms with Gasteiger partial charge in [0.05, 0.1) is 6.20 Å². The van der Waals surface area contributed by atoms with E-state index in [2.05, 4.69) is 20.3 Å². The monoisotopic (exact) mass is 341 g/mol. The fourth-order valence-corrected chi connectivity index (χ4v) is 2.31. The Kier molecular flexibility index (Phi) is 7.00. The summed E-state index contributed by atoms with van der Waals surface area (Å²) in [5.41, 5.74) is 1.23. The van der Waals surface area contributed by atoms with Crippen molar-refractivity contribution in [3.63, 3.8) is 0 Å². The van der Waals surface area contributed by atoms with Crippen LogP contribution in [0.2, 0.25) is 0 Å². The van der Waals surface area contributed by atoms with Crippen molar-refractivity contribution >= 4 is 11.8 Å². The molecule has 2 heterocycles. The van der Waals surface area contributed by atoms with Crippen LogP contribution < -0.4 is 5.32 Å². The van der Waals surface area contributed by atoms with Crippen molar-refractivity contribution in [2.75, 3.05) is 6.54 Å². The highest BCUT2D eigenvalue weighted by atomic mass is 16.2. The molecule has 0 aromatic carbocycles. The largest absolute Gasteiger partial charge is 0.352 e. The zero-order chi connectivity index (χ0) is 18.1. The van der Waals surface area contributed by atoms with Gasteiger partial charge in [-0.05, 0) is 25.0 Å². The lowest BCUT2D eigenvalue weighted by Gasteiger charge is -2.28. The Hall–Kier alpha value is -2.83. The highest BCUT2D eigenvalue weighted by Crippen LogP contribution is 2.09. The van der Waals surface area contributed by atoms with Gasteiger partial charge in [-0.2, -0.15) is 0 Å². The Morgan fingerprint density at radius 1 is 1.20 bits per heavy atom. The van der Waals surface area contributed by atoms with Gasteiger partial charge in [0.1, 0.15) is 5.69 Å². The average Bonchev–Trinajstić information content (AvgIpc) is 2.67. The van der Waals surface area contributed by atoms with Crippen molar-refractivity contribution in [1.29, 1.82) is 0 Å². The highest BCUT2D eigenvalue weighted by Gasteiger charge is 2.22. The summed E-state index contributed by atoms with van der Waals surface area (Å²) >= 11 is 0. The fourth-order valence-electron chi connectivity index (χ4n) is 2.31. The molecule has 132 valence electrons. The third-order valence-corrected chi connectivity index (χ3v) is 3.96. The van der Waals surface area contributed by atoms with Gasteiger partial charge in [0.15, 0.2) is 0 Å². The number of nitrogens with one attached hydrogen (secondary N) is 1. The van der Waals surface area contributed by atoms with Gasteiger partial charge in [0.2, 0.25) is 5.91 Å². The Balaban J connectivity index is 1.91. The van der Waals surface area contributed by atoms with Crippen LogP contribution in [-0.4, -0.2) is 44.3 Å². The Bertz CT molecular complexity index is 678. The lowest BCUT2D eigenvalue weighted by atomic mass is 10.2. The molecule has 0 saturated heterocycles. The minimum atomic E-state index is -0.206. The molecular weight excluding hydrogens is 318 g/mol. The second kappa shape index (κ2) is 9.46. The highest BCUT2D eigenvalue weighted by molar-refractivity contribution is 5.92. The first-order valence-electron chi connectivity index (χ1n) is 8.34. The second-order valence-corrected chi connectivity index (χ2v) is 5.73. The summed E-state index contributed by atoms with van der Waals surface area (Å²) < 4.78 is 0. The van der Waals surface area contributed by atoms with Crippen molar-refractivity contribution in [3.8, 4) is 0 Å². The smallest absolute Gasteiger partial charge is 0.274 e.